The monoisotopic (exact) mass is 518 g/mol. The molecule has 4 nitrogen and oxygen atoms in total. The Morgan fingerprint density at radius 1 is 0.857 bits per heavy atom. The molecule has 174 valence electrons. The van der Waals surface area contributed by atoms with Crippen LogP contribution in [0.1, 0.15) is 17.0 Å². The summed E-state index contributed by atoms with van der Waals surface area (Å²) in [7, 11) is 0. The number of hydrogen-bond donors (Lipinski definition) is 0. The molecule has 3 aromatic carbocycles. The maximum Gasteiger partial charge on any atom is 0.350 e. The SMILES string of the molecule is O=C1OC2=C(CCc3nc(-c4ccccc4)sc32)[C@@H](N(c2ccccc2)c2ccccc2)C1(Cl)Cl. The Balaban J connectivity index is 1.54. The van der Waals surface area contributed by atoms with Gasteiger partial charge in [-0.3, -0.25) is 0 Å². The number of nitrogens with zero attached hydrogens (tertiary/aromatic N) is 2. The molecule has 1 aromatic heterocycles. The molecular weight excluding hydrogens is 499 g/mol. The summed E-state index contributed by atoms with van der Waals surface area (Å²) in [6.45, 7) is 0. The second kappa shape index (κ2) is 8.83. The molecule has 0 saturated carbocycles. The average Bonchev–Trinajstić information content (AvgIpc) is 3.34. The number of para-hydroxylation sites is 2. The van der Waals surface area contributed by atoms with Gasteiger partial charge in [0, 0.05) is 22.5 Å². The molecule has 0 fully saturated rings. The van der Waals surface area contributed by atoms with Crippen molar-refractivity contribution in [3.05, 3.63) is 107 Å². The average molecular weight is 519 g/mol. The molecule has 2 aliphatic rings. The van der Waals surface area contributed by atoms with E-state index in [4.69, 9.17) is 32.9 Å². The first-order chi connectivity index (χ1) is 17.0. The van der Waals surface area contributed by atoms with Crippen molar-refractivity contribution >= 4 is 57.6 Å². The van der Waals surface area contributed by atoms with Crippen LogP contribution in [0.5, 0.6) is 0 Å². The zero-order valence-corrected chi connectivity index (χ0v) is 20.9. The summed E-state index contributed by atoms with van der Waals surface area (Å²) in [6, 6.07) is 29.1. The van der Waals surface area contributed by atoms with Crippen molar-refractivity contribution in [2.45, 2.75) is 23.2 Å². The van der Waals surface area contributed by atoms with Crippen LogP contribution < -0.4 is 4.90 Å². The van der Waals surface area contributed by atoms with E-state index in [1.165, 1.54) is 11.3 Å². The lowest BCUT2D eigenvalue weighted by Crippen LogP contribution is -2.54. The Morgan fingerprint density at radius 3 is 2.03 bits per heavy atom. The molecule has 7 heteroatoms. The molecular formula is C28H20Cl2N2O2S. The number of carbonyl (C=O) groups is 1. The quantitative estimate of drug-likeness (QED) is 0.208. The number of esters is 1. The lowest BCUT2D eigenvalue weighted by Gasteiger charge is -2.44. The third-order valence-electron chi connectivity index (χ3n) is 6.31. The summed E-state index contributed by atoms with van der Waals surface area (Å²) in [5.41, 5.74) is 4.64. The van der Waals surface area contributed by atoms with Gasteiger partial charge in [0.15, 0.2) is 5.76 Å². The number of aryl methyl sites for hydroxylation is 1. The van der Waals surface area contributed by atoms with Crippen LogP contribution in [0.4, 0.5) is 11.4 Å². The molecule has 0 unspecified atom stereocenters. The highest BCUT2D eigenvalue weighted by atomic mass is 35.5. The number of anilines is 2. The number of halogens is 2. The molecule has 1 aliphatic heterocycles. The second-order valence-electron chi connectivity index (χ2n) is 8.47. The normalized spacial score (nSPS) is 18.5. The van der Waals surface area contributed by atoms with E-state index in [9.17, 15) is 4.79 Å². The lowest BCUT2D eigenvalue weighted by atomic mass is 9.88. The highest BCUT2D eigenvalue weighted by molar-refractivity contribution is 7.16. The van der Waals surface area contributed by atoms with Crippen LogP contribution in [-0.4, -0.2) is 21.3 Å². The maximum atomic E-state index is 13.3. The summed E-state index contributed by atoms with van der Waals surface area (Å²) in [4.78, 5) is 21.1. The Bertz CT molecular complexity index is 1380. The maximum absolute atomic E-state index is 13.3. The van der Waals surface area contributed by atoms with E-state index in [0.29, 0.717) is 18.6 Å². The van der Waals surface area contributed by atoms with Gasteiger partial charge in [-0.1, -0.05) is 89.9 Å². The largest absolute Gasteiger partial charge is 0.423 e. The number of fused-ring (bicyclic) bond motifs is 2. The van der Waals surface area contributed by atoms with Gasteiger partial charge in [0.05, 0.1) is 10.6 Å². The van der Waals surface area contributed by atoms with Gasteiger partial charge < -0.3 is 9.64 Å². The molecule has 6 rings (SSSR count). The fourth-order valence-electron chi connectivity index (χ4n) is 4.72. The molecule has 1 atom stereocenters. The summed E-state index contributed by atoms with van der Waals surface area (Å²) >= 11 is 15.2. The number of benzene rings is 3. The standard InChI is InChI=1S/C28H20Cl2N2O2S/c29-28(30)25(32(19-12-6-2-7-13-19)20-14-8-3-9-15-20)21-16-17-22-24(23(21)34-27(28)33)35-26(31-22)18-10-4-1-5-11-18/h1-15,25H,16-17H2/t25-/m1/s1. The molecule has 0 bridgehead atoms. The summed E-state index contributed by atoms with van der Waals surface area (Å²) in [6.07, 6.45) is 1.35. The van der Waals surface area contributed by atoms with Crippen molar-refractivity contribution in [1.82, 2.24) is 4.98 Å². The molecule has 1 aliphatic carbocycles. The number of hydrogen-bond acceptors (Lipinski definition) is 5. The van der Waals surface area contributed by atoms with E-state index < -0.39 is 16.3 Å². The number of thiazole rings is 1. The van der Waals surface area contributed by atoms with E-state index in [0.717, 1.165) is 38.1 Å². The van der Waals surface area contributed by atoms with Gasteiger partial charge in [-0.2, -0.15) is 0 Å². The molecule has 2 heterocycles. The molecule has 0 spiro atoms. The first-order valence-electron chi connectivity index (χ1n) is 11.3. The van der Waals surface area contributed by atoms with Crippen LogP contribution >= 0.6 is 34.5 Å². The first-order valence-corrected chi connectivity index (χ1v) is 12.9. The van der Waals surface area contributed by atoms with E-state index in [-0.39, 0.29) is 0 Å². The lowest BCUT2D eigenvalue weighted by molar-refractivity contribution is -0.138. The molecule has 0 N–H and O–H groups in total. The van der Waals surface area contributed by atoms with E-state index in [2.05, 4.69) is 0 Å². The van der Waals surface area contributed by atoms with E-state index in [1.807, 2.05) is 95.9 Å². The van der Waals surface area contributed by atoms with Gasteiger partial charge >= 0.3 is 5.97 Å². The van der Waals surface area contributed by atoms with Gasteiger partial charge in [-0.05, 0) is 37.1 Å². The van der Waals surface area contributed by atoms with Crippen molar-refractivity contribution in [2.24, 2.45) is 0 Å². The third-order valence-corrected chi connectivity index (χ3v) is 8.18. The highest BCUT2D eigenvalue weighted by Crippen LogP contribution is 2.51. The van der Waals surface area contributed by atoms with Gasteiger partial charge in [-0.15, -0.1) is 11.3 Å². The van der Waals surface area contributed by atoms with Gasteiger partial charge in [0.2, 0.25) is 4.33 Å². The van der Waals surface area contributed by atoms with E-state index in [1.54, 1.807) is 0 Å². The summed E-state index contributed by atoms with van der Waals surface area (Å²) in [5, 5.41) is 0.897. The fourth-order valence-corrected chi connectivity index (χ4v) is 6.39. The Morgan fingerprint density at radius 2 is 1.43 bits per heavy atom. The Labute approximate surface area is 217 Å². The molecule has 0 radical (unpaired) electrons. The van der Waals surface area contributed by atoms with Gasteiger partial charge in [-0.25, -0.2) is 9.78 Å². The van der Waals surface area contributed by atoms with Gasteiger partial charge in [0.25, 0.3) is 0 Å². The highest BCUT2D eigenvalue weighted by Gasteiger charge is 2.55. The zero-order valence-electron chi connectivity index (χ0n) is 18.5. The minimum Gasteiger partial charge on any atom is -0.423 e. The van der Waals surface area contributed by atoms with Crippen molar-refractivity contribution in [3.63, 3.8) is 0 Å². The van der Waals surface area contributed by atoms with Crippen molar-refractivity contribution in [1.29, 1.82) is 0 Å². The first kappa shape index (κ1) is 22.4. The molecule has 0 amide bonds. The van der Waals surface area contributed by atoms with Gasteiger partial charge in [0.1, 0.15) is 11.0 Å². The van der Waals surface area contributed by atoms with Crippen molar-refractivity contribution in [2.75, 3.05) is 4.90 Å². The minimum atomic E-state index is -1.80. The molecule has 4 aromatic rings. The molecule has 0 saturated heterocycles. The summed E-state index contributed by atoms with van der Waals surface area (Å²) < 4.78 is 4.06. The third kappa shape index (κ3) is 3.84. The van der Waals surface area contributed by atoms with E-state index >= 15 is 0 Å². The second-order valence-corrected chi connectivity index (χ2v) is 10.9. The molecule has 35 heavy (non-hydrogen) atoms. The van der Waals surface area contributed by atoms with Crippen molar-refractivity contribution in [3.8, 4) is 10.6 Å². The number of carbonyl (C=O) groups excluding carboxylic acids is 1. The predicted molar refractivity (Wildman–Crippen MR) is 142 cm³/mol. The summed E-state index contributed by atoms with van der Waals surface area (Å²) in [5.74, 6) is -0.140. The van der Waals surface area contributed by atoms with Crippen LogP contribution in [0, 0.1) is 0 Å². The minimum absolute atomic E-state index is 0.537. The number of ether oxygens (including phenoxy) is 1. The van der Waals surface area contributed by atoms with Crippen molar-refractivity contribution < 1.29 is 9.53 Å². The van der Waals surface area contributed by atoms with Crippen LogP contribution in [0.3, 0.4) is 0 Å². The van der Waals surface area contributed by atoms with Crippen LogP contribution in [-0.2, 0) is 16.0 Å². The number of alkyl halides is 2. The predicted octanol–water partition coefficient (Wildman–Crippen LogP) is 7.41. The van der Waals surface area contributed by atoms with Crippen LogP contribution in [0.2, 0.25) is 0 Å². The van der Waals surface area contributed by atoms with Crippen LogP contribution in [0.15, 0.2) is 96.6 Å². The fraction of sp³-hybridized carbons (Fsp3) is 0.143. The topological polar surface area (TPSA) is 42.4 Å². The Hall–Kier alpha value is -3.12. The van der Waals surface area contributed by atoms with Crippen LogP contribution in [0.25, 0.3) is 16.3 Å². The smallest absolute Gasteiger partial charge is 0.350 e. The zero-order chi connectivity index (χ0) is 24.0. The Kier molecular flexibility index (Phi) is 5.64. The number of rotatable bonds is 4. The number of aromatic nitrogens is 1.